The fraction of sp³-hybridized carbons (Fsp3) is 0.143. The molecule has 1 saturated heterocycles. The Kier molecular flexibility index (Phi) is 3.09. The number of imide groups is 1. The zero-order valence-corrected chi connectivity index (χ0v) is 7.84. The number of carbonyl (C=O) groups excluding carboxylic acids is 4. The Labute approximate surface area is 88.7 Å². The van der Waals surface area contributed by atoms with E-state index in [9.17, 15) is 19.2 Å². The molecule has 1 heterocycles. The standard InChI is InChI=1S/C7H7N3O6/c1-2-3(11)15-5-4(12)9-7(14)10(5)16-6(8)13/h2,5H,1H2,(H2,8,13)(H,9,12,14). The molecule has 3 N–H and O–H groups in total. The minimum Gasteiger partial charge on any atom is -0.425 e. The van der Waals surface area contributed by atoms with Gasteiger partial charge in [-0.2, -0.15) is 0 Å². The van der Waals surface area contributed by atoms with E-state index in [0.29, 0.717) is 0 Å². The van der Waals surface area contributed by atoms with Crippen molar-refractivity contribution in [2.24, 2.45) is 5.73 Å². The smallest absolute Gasteiger partial charge is 0.425 e. The normalized spacial score (nSPS) is 19.0. The quantitative estimate of drug-likeness (QED) is 0.348. The summed E-state index contributed by atoms with van der Waals surface area (Å²) in [6.45, 7) is 3.09. The van der Waals surface area contributed by atoms with Crippen molar-refractivity contribution < 1.29 is 28.8 Å². The van der Waals surface area contributed by atoms with E-state index in [1.54, 1.807) is 5.32 Å². The molecule has 0 aromatic rings. The third kappa shape index (κ3) is 2.26. The Morgan fingerprint density at radius 2 is 2.12 bits per heavy atom. The number of hydroxylamine groups is 2. The highest BCUT2D eigenvalue weighted by molar-refractivity contribution is 6.04. The minimum absolute atomic E-state index is 0.214. The van der Waals surface area contributed by atoms with Gasteiger partial charge in [-0.05, 0) is 0 Å². The summed E-state index contributed by atoms with van der Waals surface area (Å²) in [4.78, 5) is 47.6. The van der Waals surface area contributed by atoms with Crippen LogP contribution in [0.5, 0.6) is 0 Å². The van der Waals surface area contributed by atoms with Crippen LogP contribution in [-0.4, -0.2) is 35.3 Å². The third-order valence-electron chi connectivity index (χ3n) is 1.45. The molecule has 86 valence electrons. The van der Waals surface area contributed by atoms with Crippen LogP contribution < -0.4 is 11.1 Å². The van der Waals surface area contributed by atoms with Crippen LogP contribution in [-0.2, 0) is 19.2 Å². The van der Waals surface area contributed by atoms with E-state index in [2.05, 4.69) is 21.9 Å². The van der Waals surface area contributed by atoms with Crippen molar-refractivity contribution in [2.75, 3.05) is 0 Å². The number of hydrogen-bond donors (Lipinski definition) is 2. The van der Waals surface area contributed by atoms with Gasteiger partial charge in [-0.25, -0.2) is 14.4 Å². The molecule has 0 aromatic heterocycles. The molecule has 1 aliphatic rings. The number of carbonyl (C=O) groups is 4. The molecule has 1 aliphatic heterocycles. The number of hydrogen-bond acceptors (Lipinski definition) is 6. The van der Waals surface area contributed by atoms with Crippen LogP contribution in [0.3, 0.4) is 0 Å². The summed E-state index contributed by atoms with van der Waals surface area (Å²) >= 11 is 0. The second-order valence-corrected chi connectivity index (χ2v) is 2.52. The number of primary amides is 1. The maximum atomic E-state index is 11.1. The van der Waals surface area contributed by atoms with Gasteiger partial charge in [0.25, 0.3) is 12.1 Å². The number of urea groups is 1. The van der Waals surface area contributed by atoms with Gasteiger partial charge in [-0.3, -0.25) is 10.1 Å². The van der Waals surface area contributed by atoms with E-state index < -0.39 is 30.2 Å². The molecule has 1 fully saturated rings. The van der Waals surface area contributed by atoms with Crippen LogP contribution in [0, 0.1) is 0 Å². The minimum atomic E-state index is -1.70. The Hall–Kier alpha value is -2.58. The van der Waals surface area contributed by atoms with Gasteiger partial charge in [0.1, 0.15) is 0 Å². The fourth-order valence-electron chi connectivity index (χ4n) is 0.881. The highest BCUT2D eigenvalue weighted by Crippen LogP contribution is 2.11. The maximum Gasteiger partial charge on any atom is 0.429 e. The molecule has 0 saturated carbocycles. The molecule has 16 heavy (non-hydrogen) atoms. The number of nitrogens with zero attached hydrogens (tertiary/aromatic N) is 1. The lowest BCUT2D eigenvalue weighted by Crippen LogP contribution is -2.41. The SMILES string of the molecule is C=CC(=O)OC1C(=O)NC(=O)N1OC(N)=O. The number of rotatable bonds is 3. The molecule has 9 nitrogen and oxygen atoms in total. The van der Waals surface area contributed by atoms with Crippen LogP contribution in [0.4, 0.5) is 9.59 Å². The lowest BCUT2D eigenvalue weighted by molar-refractivity contribution is -0.182. The van der Waals surface area contributed by atoms with Crippen LogP contribution in [0.1, 0.15) is 0 Å². The van der Waals surface area contributed by atoms with Gasteiger partial charge in [-0.1, -0.05) is 11.6 Å². The summed E-state index contributed by atoms with van der Waals surface area (Å²) in [5.41, 5.74) is 4.65. The molecule has 1 unspecified atom stereocenters. The Morgan fingerprint density at radius 1 is 1.50 bits per heavy atom. The first-order valence-electron chi connectivity index (χ1n) is 3.90. The summed E-state index contributed by atoms with van der Waals surface area (Å²) in [5, 5.41) is 1.97. The fourth-order valence-corrected chi connectivity index (χ4v) is 0.881. The lowest BCUT2D eigenvalue weighted by Gasteiger charge is -2.17. The van der Waals surface area contributed by atoms with Crippen LogP contribution in [0.25, 0.3) is 0 Å². The molecule has 0 aromatic carbocycles. The monoisotopic (exact) mass is 229 g/mol. The van der Waals surface area contributed by atoms with Gasteiger partial charge in [-0.15, -0.1) is 0 Å². The van der Waals surface area contributed by atoms with Crippen molar-refractivity contribution in [1.82, 2.24) is 10.4 Å². The van der Waals surface area contributed by atoms with Gasteiger partial charge in [0.2, 0.25) is 0 Å². The van der Waals surface area contributed by atoms with Gasteiger partial charge in [0.15, 0.2) is 0 Å². The van der Waals surface area contributed by atoms with Crippen LogP contribution in [0.15, 0.2) is 12.7 Å². The van der Waals surface area contributed by atoms with E-state index in [1.165, 1.54) is 0 Å². The first-order chi connectivity index (χ1) is 7.45. The van der Waals surface area contributed by atoms with Crippen molar-refractivity contribution in [1.29, 1.82) is 0 Å². The molecule has 0 bridgehead atoms. The van der Waals surface area contributed by atoms with E-state index in [1.807, 2.05) is 0 Å². The molecular weight excluding hydrogens is 222 g/mol. The van der Waals surface area contributed by atoms with Crippen molar-refractivity contribution in [2.45, 2.75) is 6.23 Å². The number of ether oxygens (including phenoxy) is 1. The molecule has 0 spiro atoms. The summed E-state index contributed by atoms with van der Waals surface area (Å²) in [6.07, 6.45) is -2.26. The predicted octanol–water partition coefficient (Wildman–Crippen LogP) is -1.40. The summed E-state index contributed by atoms with van der Waals surface area (Å²) in [6, 6.07) is -1.06. The third-order valence-corrected chi connectivity index (χ3v) is 1.45. The second kappa shape index (κ2) is 4.29. The van der Waals surface area contributed by atoms with Crippen LogP contribution in [0.2, 0.25) is 0 Å². The van der Waals surface area contributed by atoms with Crippen molar-refractivity contribution >= 4 is 24.0 Å². The largest absolute Gasteiger partial charge is 0.429 e. The number of nitrogens with two attached hydrogens (primary N) is 1. The number of amides is 4. The Bertz CT molecular complexity index is 378. The van der Waals surface area contributed by atoms with Crippen molar-refractivity contribution in [3.8, 4) is 0 Å². The average Bonchev–Trinajstić information content (AvgIpc) is 2.44. The summed E-state index contributed by atoms with van der Waals surface area (Å²) in [7, 11) is 0. The lowest BCUT2D eigenvalue weighted by atomic mass is 10.5. The van der Waals surface area contributed by atoms with E-state index in [4.69, 9.17) is 0 Å². The predicted molar refractivity (Wildman–Crippen MR) is 46.1 cm³/mol. The Balaban J connectivity index is 2.80. The number of esters is 1. The highest BCUT2D eigenvalue weighted by atomic mass is 16.8. The van der Waals surface area contributed by atoms with Gasteiger partial charge in [0, 0.05) is 6.08 Å². The summed E-state index contributed by atoms with van der Waals surface area (Å²) < 4.78 is 4.46. The van der Waals surface area contributed by atoms with Crippen LogP contribution >= 0.6 is 0 Å². The number of nitrogens with one attached hydrogen (secondary N) is 1. The molecule has 1 rings (SSSR count). The molecule has 0 aliphatic carbocycles. The van der Waals surface area contributed by atoms with Gasteiger partial charge >= 0.3 is 18.1 Å². The average molecular weight is 229 g/mol. The van der Waals surface area contributed by atoms with Crippen molar-refractivity contribution in [3.05, 3.63) is 12.7 Å². The maximum absolute atomic E-state index is 11.1. The molecule has 4 amide bonds. The van der Waals surface area contributed by atoms with Crippen molar-refractivity contribution in [3.63, 3.8) is 0 Å². The van der Waals surface area contributed by atoms with Gasteiger partial charge in [0.05, 0.1) is 0 Å². The van der Waals surface area contributed by atoms with E-state index in [-0.39, 0.29) is 5.06 Å². The summed E-state index contributed by atoms with van der Waals surface area (Å²) in [5.74, 6) is -1.92. The second-order valence-electron chi connectivity index (χ2n) is 2.52. The first-order valence-corrected chi connectivity index (χ1v) is 3.90. The molecular formula is C7H7N3O6. The van der Waals surface area contributed by atoms with Gasteiger partial charge < -0.3 is 15.3 Å². The van der Waals surface area contributed by atoms with E-state index >= 15 is 0 Å². The molecule has 9 heteroatoms. The molecule has 1 atom stereocenters. The Morgan fingerprint density at radius 3 is 2.62 bits per heavy atom. The first kappa shape index (κ1) is 11.5. The zero-order chi connectivity index (χ0) is 12.3. The highest BCUT2D eigenvalue weighted by Gasteiger charge is 2.44. The zero-order valence-electron chi connectivity index (χ0n) is 7.84. The van der Waals surface area contributed by atoms with E-state index in [0.717, 1.165) is 6.08 Å². The molecule has 0 radical (unpaired) electrons. The topological polar surface area (TPSA) is 128 Å².